The van der Waals surface area contributed by atoms with E-state index in [-0.39, 0.29) is 0 Å². The van der Waals surface area contributed by atoms with E-state index in [4.69, 9.17) is 8.83 Å². The lowest BCUT2D eigenvalue weighted by Gasteiger charge is -2.42. The van der Waals surface area contributed by atoms with Crippen molar-refractivity contribution in [2.45, 2.75) is 26.5 Å². The van der Waals surface area contributed by atoms with Crippen molar-refractivity contribution in [3.63, 3.8) is 0 Å². The number of para-hydroxylation sites is 4. The molecule has 2 aromatic heterocycles. The van der Waals surface area contributed by atoms with Crippen LogP contribution in [0.25, 0.3) is 82.8 Å². The van der Waals surface area contributed by atoms with Gasteiger partial charge in [0.1, 0.15) is 22.3 Å². The van der Waals surface area contributed by atoms with E-state index in [2.05, 4.69) is 179 Å². The van der Waals surface area contributed by atoms with Crippen molar-refractivity contribution < 1.29 is 8.83 Å². The largest absolute Gasteiger partial charge is 0.455 e. The first-order valence-corrected chi connectivity index (χ1v) is 23.8. The molecule has 3 aliphatic heterocycles. The van der Waals surface area contributed by atoms with Crippen molar-refractivity contribution >= 4 is 112 Å². The Morgan fingerprint density at radius 3 is 1.71 bits per heavy atom. The standard InChI is InChI=1S/C55H32BrNO2S3/c1-2-31(32-17-21-34(22-18-32)38-11-7-13-42-40-9-3-5-15-45(40)58-54(38)42)25-47-44-30-60-48-26-36(27-49-52(48)57(44)53-50(61-47)28-37(56)29-51(53)62-49)33-19-23-35(24-20-33)39-12-8-14-43-41-10-4-6-16-46(41)59-55(39)43/h2-30H,1H3/b31-2+,47-25+. The third-order valence-electron chi connectivity index (χ3n) is 12.2. The molecule has 0 saturated carbocycles. The molecule has 0 saturated heterocycles. The molecule has 10 aromatic rings. The molecular weight excluding hydrogens is 883 g/mol. The van der Waals surface area contributed by atoms with Crippen LogP contribution in [0.15, 0.2) is 219 Å². The van der Waals surface area contributed by atoms with Crippen LogP contribution in [0.1, 0.15) is 12.5 Å². The second-order valence-corrected chi connectivity index (χ2v) is 19.7. The van der Waals surface area contributed by atoms with Crippen LogP contribution in [0, 0.1) is 0 Å². The number of hydrogen-bond donors (Lipinski definition) is 0. The number of anilines is 2. The summed E-state index contributed by atoms with van der Waals surface area (Å²) in [6.45, 7) is 2.13. The summed E-state index contributed by atoms with van der Waals surface area (Å²) in [6.07, 6.45) is 4.59. The van der Waals surface area contributed by atoms with Gasteiger partial charge in [-0.25, -0.2) is 0 Å². The number of benzene rings is 8. The normalized spacial score (nSPS) is 14.9. The second kappa shape index (κ2) is 14.2. The number of thioether (sulfide) groups is 2. The van der Waals surface area contributed by atoms with Crippen LogP contribution in [0.5, 0.6) is 0 Å². The van der Waals surface area contributed by atoms with E-state index in [1.165, 1.54) is 63.8 Å². The van der Waals surface area contributed by atoms with Crippen molar-refractivity contribution in [2.24, 2.45) is 0 Å². The lowest BCUT2D eigenvalue weighted by atomic mass is 9.98. The molecule has 3 aliphatic rings. The SMILES string of the molecule is C/C=C(\C=C1\Sc2cc(Br)cc3c2N2C1=CSc1cc(-c4ccc(-c5cccc6c5oc5ccccc56)cc4)cc(c12)S3)c1ccc(-c2cccc3c2oc2ccccc23)cc1. The molecule has 294 valence electrons. The molecule has 13 rings (SSSR count). The van der Waals surface area contributed by atoms with Crippen molar-refractivity contribution in [1.82, 2.24) is 0 Å². The lowest BCUT2D eigenvalue weighted by molar-refractivity contribution is 0.669. The summed E-state index contributed by atoms with van der Waals surface area (Å²) in [6, 6.07) is 56.6. The highest BCUT2D eigenvalue weighted by atomic mass is 79.9. The van der Waals surface area contributed by atoms with E-state index in [0.717, 1.165) is 70.6 Å². The molecule has 0 bridgehead atoms. The van der Waals surface area contributed by atoms with Gasteiger partial charge >= 0.3 is 0 Å². The summed E-state index contributed by atoms with van der Waals surface area (Å²) in [7, 11) is 0. The highest BCUT2D eigenvalue weighted by molar-refractivity contribution is 9.10. The summed E-state index contributed by atoms with van der Waals surface area (Å²) >= 11 is 9.42. The van der Waals surface area contributed by atoms with Crippen molar-refractivity contribution in [1.29, 1.82) is 0 Å². The average molecular weight is 915 g/mol. The van der Waals surface area contributed by atoms with Gasteiger partial charge in [-0.05, 0) is 82.8 Å². The zero-order valence-corrected chi connectivity index (χ0v) is 37.1. The van der Waals surface area contributed by atoms with Gasteiger partial charge in [0.25, 0.3) is 0 Å². The van der Waals surface area contributed by atoms with Crippen molar-refractivity contribution in [3.8, 4) is 33.4 Å². The van der Waals surface area contributed by atoms with Crippen LogP contribution in [0.3, 0.4) is 0 Å². The van der Waals surface area contributed by atoms with Gasteiger partial charge in [0.2, 0.25) is 0 Å². The molecule has 0 aliphatic carbocycles. The Kier molecular flexibility index (Phi) is 8.39. The van der Waals surface area contributed by atoms with E-state index in [1.807, 2.05) is 59.6 Å². The number of nitrogens with zero attached hydrogens (tertiary/aromatic N) is 1. The third-order valence-corrected chi connectivity index (χ3v) is 15.7. The monoisotopic (exact) mass is 913 g/mol. The van der Waals surface area contributed by atoms with Crippen LogP contribution in [-0.2, 0) is 0 Å². The maximum atomic E-state index is 6.39. The van der Waals surface area contributed by atoms with E-state index >= 15 is 0 Å². The highest BCUT2D eigenvalue weighted by Gasteiger charge is 2.38. The zero-order chi connectivity index (χ0) is 41.1. The molecule has 0 N–H and O–H groups in total. The van der Waals surface area contributed by atoms with Crippen LogP contribution < -0.4 is 4.90 Å². The van der Waals surface area contributed by atoms with Crippen LogP contribution in [0.2, 0.25) is 0 Å². The van der Waals surface area contributed by atoms with E-state index in [9.17, 15) is 0 Å². The summed E-state index contributed by atoms with van der Waals surface area (Å²) in [4.78, 5) is 8.76. The Labute approximate surface area is 378 Å². The first-order chi connectivity index (χ1) is 30.6. The number of allylic oxidation sites excluding steroid dienone is 3. The van der Waals surface area contributed by atoms with E-state index < -0.39 is 0 Å². The molecule has 0 atom stereocenters. The van der Waals surface area contributed by atoms with Crippen LogP contribution in [0.4, 0.5) is 11.4 Å². The van der Waals surface area contributed by atoms with Gasteiger partial charge in [-0.15, -0.1) is 0 Å². The quantitative estimate of drug-likeness (QED) is 0.171. The number of fused-ring (bicyclic) bond motifs is 6. The minimum atomic E-state index is 0.914. The molecule has 0 fully saturated rings. The molecule has 62 heavy (non-hydrogen) atoms. The van der Waals surface area contributed by atoms with Gasteiger partial charge in [-0.2, -0.15) is 0 Å². The Morgan fingerprint density at radius 1 is 0.532 bits per heavy atom. The Morgan fingerprint density at radius 2 is 1.06 bits per heavy atom. The fourth-order valence-corrected chi connectivity index (χ4v) is 13.6. The summed E-state index contributed by atoms with van der Waals surface area (Å²) in [5.74, 6) is 0. The summed E-state index contributed by atoms with van der Waals surface area (Å²) < 4.78 is 13.9. The maximum absolute atomic E-state index is 6.39. The smallest absolute Gasteiger partial charge is 0.143 e. The van der Waals surface area contributed by atoms with Crippen LogP contribution >= 0.6 is 51.2 Å². The fraction of sp³-hybridized carbons (Fsp3) is 0.0182. The Bertz CT molecular complexity index is 3630. The topological polar surface area (TPSA) is 29.5 Å². The Hall–Kier alpha value is -6.09. The number of halogens is 1. The first-order valence-electron chi connectivity index (χ1n) is 20.5. The van der Waals surface area contributed by atoms with E-state index in [0.29, 0.717) is 0 Å². The van der Waals surface area contributed by atoms with E-state index in [1.54, 1.807) is 0 Å². The number of hydrogen-bond acceptors (Lipinski definition) is 6. The number of furan rings is 2. The molecule has 0 unspecified atom stereocenters. The molecule has 8 aromatic carbocycles. The Balaban J connectivity index is 0.847. The molecule has 5 heterocycles. The van der Waals surface area contributed by atoms with Crippen molar-refractivity contribution in [2.75, 3.05) is 4.90 Å². The molecule has 7 heteroatoms. The van der Waals surface area contributed by atoms with Gasteiger partial charge < -0.3 is 13.7 Å². The van der Waals surface area contributed by atoms with Gasteiger partial charge in [-0.1, -0.05) is 179 Å². The number of rotatable bonds is 5. The van der Waals surface area contributed by atoms with Gasteiger partial charge in [0, 0.05) is 67.0 Å². The minimum Gasteiger partial charge on any atom is -0.455 e. The molecular formula is C55H32BrNO2S3. The molecule has 0 spiro atoms. The predicted molar refractivity (Wildman–Crippen MR) is 266 cm³/mol. The maximum Gasteiger partial charge on any atom is 0.143 e. The molecule has 0 radical (unpaired) electrons. The summed E-state index contributed by atoms with van der Waals surface area (Å²) in [5, 5.41) is 6.93. The lowest BCUT2D eigenvalue weighted by Crippen LogP contribution is -2.26. The highest BCUT2D eigenvalue weighted by Crippen LogP contribution is 2.64. The zero-order valence-electron chi connectivity index (χ0n) is 33.1. The van der Waals surface area contributed by atoms with Gasteiger partial charge in [0.15, 0.2) is 0 Å². The third kappa shape index (κ3) is 5.69. The van der Waals surface area contributed by atoms with Crippen molar-refractivity contribution in [3.05, 3.63) is 196 Å². The van der Waals surface area contributed by atoms with Gasteiger partial charge in [-0.3, -0.25) is 0 Å². The minimum absolute atomic E-state index is 0.914. The molecule has 0 amide bonds. The van der Waals surface area contributed by atoms with Gasteiger partial charge in [0.05, 0.1) is 17.1 Å². The molecule has 3 nitrogen and oxygen atoms in total. The average Bonchev–Trinajstić information content (AvgIpc) is 3.89. The van der Waals surface area contributed by atoms with Crippen LogP contribution in [-0.4, -0.2) is 0 Å². The summed E-state index contributed by atoms with van der Waals surface area (Å²) in [5.41, 5.74) is 16.7. The predicted octanol–water partition coefficient (Wildman–Crippen LogP) is 17.9. The first kappa shape index (κ1) is 36.6. The second-order valence-electron chi connectivity index (χ2n) is 15.7. The fourth-order valence-electron chi connectivity index (χ4n) is 9.26.